The van der Waals surface area contributed by atoms with E-state index in [0.29, 0.717) is 0 Å². The maximum absolute atomic E-state index is 2.34. The molecule has 4 aromatic rings. The zero-order valence-corrected chi connectivity index (χ0v) is 21.5. The van der Waals surface area contributed by atoms with Crippen LogP contribution >= 0.6 is 15.8 Å². The summed E-state index contributed by atoms with van der Waals surface area (Å²) in [7, 11) is -0.769. The summed E-state index contributed by atoms with van der Waals surface area (Å²) in [6.45, 7) is 0. The summed E-state index contributed by atoms with van der Waals surface area (Å²) in [5.74, 6) is 0. The predicted octanol–water partition coefficient (Wildman–Crippen LogP) is 7.12. The predicted molar refractivity (Wildman–Crippen MR) is 153 cm³/mol. The molecule has 0 aromatic heterocycles. The Morgan fingerprint density at radius 3 is 0.912 bits per heavy atom. The van der Waals surface area contributed by atoms with Crippen LogP contribution in [0.4, 0.5) is 0 Å². The molecule has 0 saturated carbocycles. The number of allylic oxidation sites excluding steroid dienone is 2. The Balaban J connectivity index is 1.50. The minimum Gasteiger partial charge on any atom is -0.0657 e. The zero-order valence-electron chi connectivity index (χ0n) is 19.7. The second-order valence-corrected chi connectivity index (χ2v) is 13.3. The molecule has 0 fully saturated rings. The molecule has 0 unspecified atom stereocenters. The van der Waals surface area contributed by atoms with Crippen LogP contribution in [0.5, 0.6) is 0 Å². The molecule has 1 aliphatic carbocycles. The van der Waals surface area contributed by atoms with Gasteiger partial charge in [0.25, 0.3) is 0 Å². The number of rotatable bonds is 8. The molecular weight excluding hydrogens is 446 g/mol. The highest BCUT2D eigenvalue weighted by Crippen LogP contribution is 2.44. The summed E-state index contributed by atoms with van der Waals surface area (Å²) in [5.41, 5.74) is 3.48. The Bertz CT molecular complexity index is 1010. The third-order valence-electron chi connectivity index (χ3n) is 6.68. The monoisotopic (exact) mass is 478 g/mol. The van der Waals surface area contributed by atoms with E-state index in [0.717, 1.165) is 0 Å². The molecule has 34 heavy (non-hydrogen) atoms. The summed E-state index contributed by atoms with van der Waals surface area (Å²) in [6, 6.07) is 44.9. The van der Waals surface area contributed by atoms with Crippen LogP contribution < -0.4 is 21.2 Å². The molecule has 0 radical (unpaired) electrons. The van der Waals surface area contributed by atoms with Crippen LogP contribution in [-0.4, -0.2) is 12.3 Å². The van der Waals surface area contributed by atoms with Gasteiger partial charge in [0.1, 0.15) is 0 Å². The van der Waals surface area contributed by atoms with Crippen LogP contribution in [0.1, 0.15) is 25.7 Å². The lowest BCUT2D eigenvalue weighted by Gasteiger charge is -2.28. The summed E-state index contributed by atoms with van der Waals surface area (Å²) >= 11 is 0. The molecule has 0 N–H and O–H groups in total. The highest BCUT2D eigenvalue weighted by molar-refractivity contribution is 7.73. The van der Waals surface area contributed by atoms with Gasteiger partial charge in [-0.25, -0.2) is 0 Å². The first-order valence-electron chi connectivity index (χ1n) is 12.3. The van der Waals surface area contributed by atoms with E-state index in [1.807, 2.05) is 0 Å². The van der Waals surface area contributed by atoms with Crippen molar-refractivity contribution in [2.24, 2.45) is 0 Å². The molecule has 2 heteroatoms. The number of benzene rings is 4. The summed E-state index contributed by atoms with van der Waals surface area (Å²) in [5, 5.41) is 5.98. The molecular formula is C32H32P2. The van der Waals surface area contributed by atoms with Gasteiger partial charge in [0.2, 0.25) is 0 Å². The van der Waals surface area contributed by atoms with Gasteiger partial charge in [0.15, 0.2) is 0 Å². The van der Waals surface area contributed by atoms with Gasteiger partial charge in [-0.15, -0.1) is 0 Å². The average Bonchev–Trinajstić information content (AvgIpc) is 2.93. The van der Waals surface area contributed by atoms with Crippen LogP contribution in [0.2, 0.25) is 0 Å². The van der Waals surface area contributed by atoms with Crippen molar-refractivity contribution in [1.82, 2.24) is 0 Å². The van der Waals surface area contributed by atoms with Crippen molar-refractivity contribution in [3.05, 3.63) is 132 Å². The lowest BCUT2D eigenvalue weighted by atomic mass is 9.94. The fourth-order valence-corrected chi connectivity index (χ4v) is 9.87. The van der Waals surface area contributed by atoms with Gasteiger partial charge in [-0.3, -0.25) is 0 Å². The van der Waals surface area contributed by atoms with Gasteiger partial charge in [-0.1, -0.05) is 132 Å². The van der Waals surface area contributed by atoms with Crippen molar-refractivity contribution in [2.75, 3.05) is 12.3 Å². The first kappa shape index (κ1) is 23.2. The minimum absolute atomic E-state index is 0.385. The second kappa shape index (κ2) is 11.8. The molecule has 1 aliphatic rings. The third-order valence-corrected chi connectivity index (χ3v) is 11.8. The maximum Gasteiger partial charge on any atom is -0.00311 e. The molecule has 0 saturated heterocycles. The zero-order chi connectivity index (χ0) is 23.0. The highest BCUT2D eigenvalue weighted by Gasteiger charge is 2.23. The van der Waals surface area contributed by atoms with Gasteiger partial charge in [0.05, 0.1) is 0 Å². The number of hydrogen-bond donors (Lipinski definition) is 0. The van der Waals surface area contributed by atoms with Crippen LogP contribution in [0.25, 0.3) is 0 Å². The van der Waals surface area contributed by atoms with Gasteiger partial charge in [-0.2, -0.15) is 0 Å². The van der Waals surface area contributed by atoms with Crippen molar-refractivity contribution < 1.29 is 0 Å². The van der Waals surface area contributed by atoms with Crippen molar-refractivity contribution in [2.45, 2.75) is 25.7 Å². The van der Waals surface area contributed by atoms with E-state index in [-0.39, 0.29) is 15.8 Å². The largest absolute Gasteiger partial charge is 0.0657 e. The Labute approximate surface area is 207 Å². The smallest absolute Gasteiger partial charge is 0.00311 e. The SMILES string of the molecule is c1ccc(P(CC2=C(CP(c3ccccc3)c3ccccc3)CCCC2)c2ccccc2)cc1. The lowest BCUT2D eigenvalue weighted by molar-refractivity contribution is 0.675. The van der Waals surface area contributed by atoms with Gasteiger partial charge in [0, 0.05) is 0 Å². The maximum atomic E-state index is 2.34. The van der Waals surface area contributed by atoms with E-state index in [1.165, 1.54) is 59.2 Å². The van der Waals surface area contributed by atoms with E-state index >= 15 is 0 Å². The molecule has 0 aliphatic heterocycles. The molecule has 170 valence electrons. The molecule has 4 aromatic carbocycles. The summed E-state index contributed by atoms with van der Waals surface area (Å²) < 4.78 is 0. The van der Waals surface area contributed by atoms with E-state index in [2.05, 4.69) is 121 Å². The minimum atomic E-state index is -0.385. The average molecular weight is 479 g/mol. The van der Waals surface area contributed by atoms with Crippen molar-refractivity contribution >= 4 is 37.1 Å². The van der Waals surface area contributed by atoms with E-state index in [1.54, 1.807) is 11.1 Å². The molecule has 0 spiro atoms. The lowest BCUT2D eigenvalue weighted by Crippen LogP contribution is -2.19. The fraction of sp³-hybridized carbons (Fsp3) is 0.188. The highest BCUT2D eigenvalue weighted by atomic mass is 31.1. The first-order valence-corrected chi connectivity index (χ1v) is 15.4. The number of hydrogen-bond acceptors (Lipinski definition) is 0. The standard InChI is InChI=1S/C32H32P2/c1-5-17-29(18-6-1)33(30-19-7-2-8-20-30)25-27-15-13-14-16-28(27)26-34(31-21-9-3-10-22-31)32-23-11-4-12-24-32/h1-12,17-24H,13-16,25-26H2. The molecule has 0 atom stereocenters. The molecule has 0 amide bonds. The Morgan fingerprint density at radius 1 is 0.382 bits per heavy atom. The van der Waals surface area contributed by atoms with Crippen molar-refractivity contribution in [3.8, 4) is 0 Å². The summed E-state index contributed by atoms with van der Waals surface area (Å²) in [4.78, 5) is 0. The van der Waals surface area contributed by atoms with Crippen LogP contribution in [0, 0.1) is 0 Å². The van der Waals surface area contributed by atoms with E-state index < -0.39 is 0 Å². The van der Waals surface area contributed by atoms with Crippen LogP contribution in [-0.2, 0) is 0 Å². The fourth-order valence-electron chi connectivity index (χ4n) is 4.89. The molecule has 0 nitrogen and oxygen atoms in total. The Hall–Kier alpha value is -2.52. The molecule has 0 bridgehead atoms. The van der Waals surface area contributed by atoms with Crippen molar-refractivity contribution in [3.63, 3.8) is 0 Å². The third kappa shape index (κ3) is 5.75. The first-order chi connectivity index (χ1) is 16.9. The molecule has 0 heterocycles. The van der Waals surface area contributed by atoms with Gasteiger partial charge in [-0.05, 0) is 75.1 Å². The van der Waals surface area contributed by atoms with Crippen molar-refractivity contribution in [1.29, 1.82) is 0 Å². The van der Waals surface area contributed by atoms with Gasteiger partial charge < -0.3 is 0 Å². The Morgan fingerprint density at radius 2 is 0.647 bits per heavy atom. The Kier molecular flexibility index (Phi) is 8.03. The summed E-state index contributed by atoms with van der Waals surface area (Å²) in [6.07, 6.45) is 7.60. The van der Waals surface area contributed by atoms with E-state index in [9.17, 15) is 0 Å². The van der Waals surface area contributed by atoms with Crippen LogP contribution in [0.3, 0.4) is 0 Å². The van der Waals surface area contributed by atoms with Gasteiger partial charge >= 0.3 is 0 Å². The second-order valence-electron chi connectivity index (χ2n) is 8.93. The quantitative estimate of drug-likeness (QED) is 0.187. The van der Waals surface area contributed by atoms with E-state index in [4.69, 9.17) is 0 Å². The normalized spacial score (nSPS) is 14.1. The molecule has 5 rings (SSSR count). The van der Waals surface area contributed by atoms with Crippen LogP contribution in [0.15, 0.2) is 132 Å². The topological polar surface area (TPSA) is 0 Å².